The average Bonchev–Trinajstić information content (AvgIpc) is 3.13. The van der Waals surface area contributed by atoms with E-state index in [0.29, 0.717) is 60.0 Å². The van der Waals surface area contributed by atoms with Crippen molar-refractivity contribution in [3.05, 3.63) is 62.5 Å². The van der Waals surface area contributed by atoms with E-state index in [1.54, 1.807) is 41.3 Å². The maximum absolute atomic E-state index is 12.9. The SMILES string of the molecule is CCOc1cc(/C=C2/SC(=O)N(CC(=O)N3CCOCC3)C2=O)ccc1OCc1ccc(Cl)c(Cl)c1. The summed E-state index contributed by atoms with van der Waals surface area (Å²) in [5.74, 6) is 0.241. The molecular weight excluding hydrogens is 527 g/mol. The van der Waals surface area contributed by atoms with Crippen molar-refractivity contribution in [2.75, 3.05) is 39.5 Å². The molecule has 2 aliphatic rings. The molecule has 2 aromatic rings. The first kappa shape index (κ1) is 26.3. The smallest absolute Gasteiger partial charge is 0.294 e. The van der Waals surface area contributed by atoms with E-state index >= 15 is 0 Å². The molecule has 0 aliphatic carbocycles. The van der Waals surface area contributed by atoms with Crippen LogP contribution in [0.1, 0.15) is 18.1 Å². The third-order valence-corrected chi connectivity index (χ3v) is 7.12. The maximum Gasteiger partial charge on any atom is 0.294 e. The summed E-state index contributed by atoms with van der Waals surface area (Å²) in [6.07, 6.45) is 1.61. The summed E-state index contributed by atoms with van der Waals surface area (Å²) in [6.45, 7) is 4.03. The fourth-order valence-electron chi connectivity index (χ4n) is 3.63. The molecule has 2 aromatic carbocycles. The van der Waals surface area contributed by atoms with Crippen molar-refractivity contribution in [3.8, 4) is 11.5 Å². The van der Waals surface area contributed by atoms with Crippen LogP contribution in [-0.2, 0) is 20.9 Å². The quantitative estimate of drug-likeness (QED) is 0.433. The third kappa shape index (κ3) is 6.34. The molecule has 0 spiro atoms. The van der Waals surface area contributed by atoms with Crippen molar-refractivity contribution >= 4 is 58.1 Å². The number of thioether (sulfide) groups is 1. The Hall–Kier alpha value is -2.72. The summed E-state index contributed by atoms with van der Waals surface area (Å²) in [5, 5.41) is 0.438. The Morgan fingerprint density at radius 3 is 2.56 bits per heavy atom. The Kier molecular flexibility index (Phi) is 8.79. The van der Waals surface area contributed by atoms with Crippen molar-refractivity contribution in [2.24, 2.45) is 0 Å². The maximum atomic E-state index is 12.9. The van der Waals surface area contributed by atoms with E-state index in [-0.39, 0.29) is 24.0 Å². The van der Waals surface area contributed by atoms with Crippen LogP contribution >= 0.6 is 35.0 Å². The van der Waals surface area contributed by atoms with Crippen LogP contribution in [0.15, 0.2) is 41.3 Å². The summed E-state index contributed by atoms with van der Waals surface area (Å²) >= 11 is 12.9. The minimum absolute atomic E-state index is 0.238. The normalized spacial score (nSPS) is 17.1. The van der Waals surface area contributed by atoms with Gasteiger partial charge in [0.25, 0.3) is 11.1 Å². The number of hydrogen-bond donors (Lipinski definition) is 0. The Morgan fingerprint density at radius 1 is 1.06 bits per heavy atom. The molecule has 11 heteroatoms. The van der Waals surface area contributed by atoms with Gasteiger partial charge in [-0.05, 0) is 60.2 Å². The highest BCUT2D eigenvalue weighted by Gasteiger charge is 2.37. The molecule has 36 heavy (non-hydrogen) atoms. The Bertz CT molecular complexity index is 1200. The first-order chi connectivity index (χ1) is 17.4. The Morgan fingerprint density at radius 2 is 1.83 bits per heavy atom. The number of nitrogens with zero attached hydrogens (tertiary/aromatic N) is 2. The zero-order valence-electron chi connectivity index (χ0n) is 19.5. The number of carbonyl (C=O) groups is 3. The predicted octanol–water partition coefficient (Wildman–Crippen LogP) is 4.87. The van der Waals surface area contributed by atoms with Crippen LogP contribution in [0.2, 0.25) is 10.0 Å². The predicted molar refractivity (Wildman–Crippen MR) is 138 cm³/mol. The first-order valence-electron chi connectivity index (χ1n) is 11.3. The van der Waals surface area contributed by atoms with Crippen molar-refractivity contribution < 1.29 is 28.6 Å². The van der Waals surface area contributed by atoms with Crippen LogP contribution in [0, 0.1) is 0 Å². The molecule has 0 bridgehead atoms. The molecule has 4 rings (SSSR count). The van der Waals surface area contributed by atoms with Crippen molar-refractivity contribution in [3.63, 3.8) is 0 Å². The van der Waals surface area contributed by atoms with Gasteiger partial charge in [0, 0.05) is 13.1 Å². The fourth-order valence-corrected chi connectivity index (χ4v) is 4.79. The number of benzene rings is 2. The van der Waals surface area contributed by atoms with Gasteiger partial charge in [-0.25, -0.2) is 0 Å². The van der Waals surface area contributed by atoms with Gasteiger partial charge in [-0.1, -0.05) is 35.3 Å². The van der Waals surface area contributed by atoms with Crippen LogP contribution in [0.4, 0.5) is 4.79 Å². The highest BCUT2D eigenvalue weighted by atomic mass is 35.5. The summed E-state index contributed by atoms with van der Waals surface area (Å²) in [6, 6.07) is 10.5. The topological polar surface area (TPSA) is 85.4 Å². The van der Waals surface area contributed by atoms with E-state index in [0.717, 1.165) is 22.2 Å². The van der Waals surface area contributed by atoms with Gasteiger partial charge in [0.2, 0.25) is 5.91 Å². The third-order valence-electron chi connectivity index (χ3n) is 5.47. The van der Waals surface area contributed by atoms with Gasteiger partial charge in [0.05, 0.1) is 34.8 Å². The molecule has 0 radical (unpaired) electrons. The van der Waals surface area contributed by atoms with Gasteiger partial charge in [-0.2, -0.15) is 0 Å². The average molecular weight is 551 g/mol. The van der Waals surface area contributed by atoms with Gasteiger partial charge < -0.3 is 19.1 Å². The lowest BCUT2D eigenvalue weighted by atomic mass is 10.1. The number of imide groups is 1. The van der Waals surface area contributed by atoms with E-state index in [9.17, 15) is 14.4 Å². The van der Waals surface area contributed by atoms with Crippen LogP contribution < -0.4 is 9.47 Å². The Balaban J connectivity index is 1.46. The molecule has 8 nitrogen and oxygen atoms in total. The number of carbonyl (C=O) groups excluding carboxylic acids is 3. The van der Waals surface area contributed by atoms with Crippen molar-refractivity contribution in [1.82, 2.24) is 9.80 Å². The van der Waals surface area contributed by atoms with Gasteiger partial charge in [-0.3, -0.25) is 19.3 Å². The molecule has 0 atom stereocenters. The summed E-state index contributed by atoms with van der Waals surface area (Å²) in [5.41, 5.74) is 1.50. The monoisotopic (exact) mass is 550 g/mol. The van der Waals surface area contributed by atoms with Gasteiger partial charge >= 0.3 is 0 Å². The summed E-state index contributed by atoms with van der Waals surface area (Å²) in [7, 11) is 0. The minimum atomic E-state index is -0.496. The zero-order valence-corrected chi connectivity index (χ0v) is 21.8. The second kappa shape index (κ2) is 12.0. The molecule has 3 amide bonds. The highest BCUT2D eigenvalue weighted by molar-refractivity contribution is 8.18. The van der Waals surface area contributed by atoms with E-state index < -0.39 is 11.1 Å². The molecule has 0 N–H and O–H groups in total. The fraction of sp³-hybridized carbons (Fsp3) is 0.320. The molecule has 0 aromatic heterocycles. The number of morpholine rings is 1. The summed E-state index contributed by atoms with van der Waals surface area (Å²) in [4.78, 5) is 40.7. The lowest BCUT2D eigenvalue weighted by molar-refractivity contribution is -0.139. The van der Waals surface area contributed by atoms with E-state index in [1.807, 2.05) is 13.0 Å². The van der Waals surface area contributed by atoms with Gasteiger partial charge in [0.1, 0.15) is 13.2 Å². The van der Waals surface area contributed by atoms with Crippen LogP contribution in [-0.4, -0.2) is 66.3 Å². The molecule has 0 saturated carbocycles. The zero-order chi connectivity index (χ0) is 25.7. The molecule has 2 aliphatic heterocycles. The van der Waals surface area contributed by atoms with Crippen LogP contribution in [0.25, 0.3) is 6.08 Å². The number of hydrogen-bond acceptors (Lipinski definition) is 7. The highest BCUT2D eigenvalue weighted by Crippen LogP contribution is 2.35. The number of halogens is 2. The second-order valence-electron chi connectivity index (χ2n) is 7.94. The van der Waals surface area contributed by atoms with E-state index in [1.165, 1.54) is 0 Å². The first-order valence-corrected chi connectivity index (χ1v) is 12.9. The molecule has 2 heterocycles. The number of rotatable bonds is 8. The van der Waals surface area contributed by atoms with Gasteiger partial charge in [-0.15, -0.1) is 0 Å². The van der Waals surface area contributed by atoms with Crippen molar-refractivity contribution in [2.45, 2.75) is 13.5 Å². The minimum Gasteiger partial charge on any atom is -0.490 e. The van der Waals surface area contributed by atoms with Crippen LogP contribution in [0.3, 0.4) is 0 Å². The summed E-state index contributed by atoms with van der Waals surface area (Å²) < 4.78 is 16.9. The lowest BCUT2D eigenvalue weighted by Gasteiger charge is -2.28. The van der Waals surface area contributed by atoms with E-state index in [2.05, 4.69) is 0 Å². The van der Waals surface area contributed by atoms with Crippen LogP contribution in [0.5, 0.6) is 11.5 Å². The lowest BCUT2D eigenvalue weighted by Crippen LogP contribution is -2.46. The molecule has 2 fully saturated rings. The molecule has 2 saturated heterocycles. The van der Waals surface area contributed by atoms with E-state index in [4.69, 9.17) is 37.4 Å². The largest absolute Gasteiger partial charge is 0.490 e. The molecule has 0 unspecified atom stereocenters. The molecule has 190 valence electrons. The van der Waals surface area contributed by atoms with Crippen molar-refractivity contribution in [1.29, 1.82) is 0 Å². The standard InChI is InChI=1S/C25H24Cl2N2O6S/c1-2-34-21-12-16(4-6-20(21)35-15-17-3-5-18(26)19(27)11-17)13-22-24(31)29(25(32)36-22)14-23(30)28-7-9-33-10-8-28/h3-6,11-13H,2,7-10,14-15H2,1H3/b22-13+. The number of ether oxygens (including phenoxy) is 3. The van der Waals surface area contributed by atoms with Gasteiger partial charge in [0.15, 0.2) is 11.5 Å². The molecular formula is C25H24Cl2N2O6S. The second-order valence-corrected chi connectivity index (χ2v) is 9.74. The Labute approximate surface area is 223 Å². The number of amides is 3.